The van der Waals surface area contributed by atoms with Gasteiger partial charge in [-0.3, -0.25) is 14.3 Å². The van der Waals surface area contributed by atoms with Gasteiger partial charge in [0.1, 0.15) is 22.8 Å². The number of ether oxygens (including phenoxy) is 3. The molecule has 10 heteroatoms. The van der Waals surface area contributed by atoms with Crippen LogP contribution in [0.25, 0.3) is 22.3 Å². The van der Waals surface area contributed by atoms with Crippen LogP contribution in [0.1, 0.15) is 57.3 Å². The van der Waals surface area contributed by atoms with Gasteiger partial charge in [0.05, 0.1) is 43.4 Å². The van der Waals surface area contributed by atoms with Gasteiger partial charge in [0.25, 0.3) is 5.91 Å². The van der Waals surface area contributed by atoms with Gasteiger partial charge in [-0.1, -0.05) is 24.3 Å². The fourth-order valence-electron chi connectivity index (χ4n) is 6.06. The van der Waals surface area contributed by atoms with Crippen molar-refractivity contribution in [2.45, 2.75) is 31.8 Å². The van der Waals surface area contributed by atoms with Crippen molar-refractivity contribution >= 4 is 17.7 Å². The molecule has 10 nitrogen and oxygen atoms in total. The molecule has 4 aromatic rings. The van der Waals surface area contributed by atoms with E-state index in [-0.39, 0.29) is 23.7 Å². The molecule has 0 radical (unpaired) electrons. The lowest BCUT2D eigenvalue weighted by Crippen LogP contribution is -2.52. The number of Topliss-reactive ketones (excluding diaryl/α,β-unsaturated/α-hetero) is 1. The lowest BCUT2D eigenvalue weighted by atomic mass is 9.81. The lowest BCUT2D eigenvalue weighted by Gasteiger charge is -2.44. The third-order valence-electron chi connectivity index (χ3n) is 8.31. The van der Waals surface area contributed by atoms with E-state index in [0.29, 0.717) is 66.5 Å². The molecular formula is C34H32N3O7-. The van der Waals surface area contributed by atoms with Gasteiger partial charge in [-0.05, 0) is 53.9 Å². The van der Waals surface area contributed by atoms with Gasteiger partial charge >= 0.3 is 0 Å². The zero-order chi connectivity index (χ0) is 31.0. The predicted octanol–water partition coefficient (Wildman–Crippen LogP) is 4.17. The minimum absolute atomic E-state index is 0.0407. The summed E-state index contributed by atoms with van der Waals surface area (Å²) >= 11 is 0. The number of methoxy groups -OCH3 is 1. The molecule has 2 aliphatic rings. The second-order valence-electron chi connectivity index (χ2n) is 11.1. The molecular weight excluding hydrogens is 562 g/mol. The van der Waals surface area contributed by atoms with Gasteiger partial charge in [-0.25, -0.2) is 0 Å². The molecule has 0 aliphatic carbocycles. The normalized spacial score (nSPS) is 15.4. The van der Waals surface area contributed by atoms with E-state index >= 15 is 0 Å². The number of benzene rings is 3. The zero-order valence-corrected chi connectivity index (χ0v) is 24.8. The minimum Gasteiger partial charge on any atom is -0.545 e. The lowest BCUT2D eigenvalue weighted by molar-refractivity contribution is -0.255. The Kier molecular flexibility index (Phi) is 7.59. The average molecular weight is 595 g/mol. The fraction of sp³-hybridized carbons (Fsp3) is 0.294. The topological polar surface area (TPSA) is 123 Å². The molecule has 2 aliphatic heterocycles. The first-order valence-corrected chi connectivity index (χ1v) is 14.5. The van der Waals surface area contributed by atoms with Gasteiger partial charge in [0.15, 0.2) is 5.78 Å². The van der Waals surface area contributed by atoms with E-state index < -0.39 is 11.6 Å². The van der Waals surface area contributed by atoms with Crippen molar-refractivity contribution in [1.29, 1.82) is 0 Å². The molecule has 3 aromatic carbocycles. The Morgan fingerprint density at radius 2 is 1.75 bits per heavy atom. The van der Waals surface area contributed by atoms with E-state index in [1.54, 1.807) is 59.3 Å². The molecule has 1 amide bonds. The summed E-state index contributed by atoms with van der Waals surface area (Å²) in [6, 6.07) is 15.2. The minimum atomic E-state index is -1.26. The van der Waals surface area contributed by atoms with E-state index in [1.807, 2.05) is 26.2 Å². The smallest absolute Gasteiger partial charge is 0.254 e. The van der Waals surface area contributed by atoms with Crippen molar-refractivity contribution in [2.24, 2.45) is 7.05 Å². The first kappa shape index (κ1) is 29.0. The van der Waals surface area contributed by atoms with Crippen molar-refractivity contribution < 1.29 is 33.7 Å². The molecule has 1 aromatic heterocycles. The van der Waals surface area contributed by atoms with Crippen LogP contribution in [-0.4, -0.2) is 64.7 Å². The summed E-state index contributed by atoms with van der Waals surface area (Å²) in [7, 11) is 3.39. The molecule has 0 N–H and O–H groups in total. The van der Waals surface area contributed by atoms with Crippen molar-refractivity contribution in [2.75, 3.05) is 26.8 Å². The van der Waals surface area contributed by atoms with Gasteiger partial charge in [-0.2, -0.15) is 5.10 Å². The Morgan fingerprint density at radius 3 is 2.43 bits per heavy atom. The Labute approximate surface area is 254 Å². The number of piperidine rings is 1. The Bertz CT molecular complexity index is 1770. The number of carboxylic acids is 1. The summed E-state index contributed by atoms with van der Waals surface area (Å²) < 4.78 is 19.8. The third kappa shape index (κ3) is 5.39. The number of aromatic carboxylic acids is 1. The molecule has 3 heterocycles. The van der Waals surface area contributed by atoms with Crippen LogP contribution in [0.2, 0.25) is 0 Å². The number of fused-ring (bicyclic) bond motifs is 1. The SMILES string of the molecule is CCOc1cc(C(=O)N2CCC3(CC2)CC(=O)c2cc(-c4cccc(C(=O)[O-])c4)ccc2O3)cc(OC)c1-c1cnn(C)c1. The van der Waals surface area contributed by atoms with E-state index in [1.165, 1.54) is 12.1 Å². The van der Waals surface area contributed by atoms with E-state index in [9.17, 15) is 19.5 Å². The van der Waals surface area contributed by atoms with Crippen molar-refractivity contribution in [1.82, 2.24) is 14.7 Å². The zero-order valence-electron chi connectivity index (χ0n) is 24.8. The number of hydrogen-bond acceptors (Lipinski definition) is 8. The van der Waals surface area contributed by atoms with Crippen molar-refractivity contribution in [3.63, 3.8) is 0 Å². The second-order valence-corrected chi connectivity index (χ2v) is 11.1. The summed E-state index contributed by atoms with van der Waals surface area (Å²) in [5, 5.41) is 15.6. The largest absolute Gasteiger partial charge is 0.545 e. The molecule has 0 unspecified atom stereocenters. The molecule has 226 valence electrons. The maximum Gasteiger partial charge on any atom is 0.254 e. The molecule has 0 bridgehead atoms. The maximum atomic E-state index is 13.7. The third-order valence-corrected chi connectivity index (χ3v) is 8.31. The second kappa shape index (κ2) is 11.5. The highest BCUT2D eigenvalue weighted by molar-refractivity contribution is 6.02. The van der Waals surface area contributed by atoms with E-state index in [2.05, 4.69) is 5.10 Å². The van der Waals surface area contributed by atoms with Gasteiger partial charge in [0, 0.05) is 50.3 Å². The number of likely N-dealkylation sites (tertiary alicyclic amines) is 1. The van der Waals surface area contributed by atoms with Gasteiger partial charge in [0.2, 0.25) is 0 Å². The number of carboxylic acid groups (broad SMARTS) is 1. The van der Waals surface area contributed by atoms with Crippen LogP contribution in [0.5, 0.6) is 17.2 Å². The molecule has 1 fully saturated rings. The van der Waals surface area contributed by atoms with Crippen LogP contribution in [0.3, 0.4) is 0 Å². The Balaban J connectivity index is 1.19. The molecule has 44 heavy (non-hydrogen) atoms. The highest BCUT2D eigenvalue weighted by atomic mass is 16.5. The highest BCUT2D eigenvalue weighted by Gasteiger charge is 2.44. The number of aromatic nitrogens is 2. The first-order valence-electron chi connectivity index (χ1n) is 14.5. The summed E-state index contributed by atoms with van der Waals surface area (Å²) in [5.41, 5.74) is 3.24. The van der Waals surface area contributed by atoms with Crippen LogP contribution in [0.4, 0.5) is 0 Å². The summed E-state index contributed by atoms with van der Waals surface area (Å²) in [6.07, 6.45) is 4.80. The highest BCUT2D eigenvalue weighted by Crippen LogP contribution is 2.43. The van der Waals surface area contributed by atoms with Crippen molar-refractivity contribution in [3.8, 4) is 39.5 Å². The predicted molar refractivity (Wildman–Crippen MR) is 160 cm³/mol. The fourth-order valence-corrected chi connectivity index (χ4v) is 6.06. The van der Waals surface area contributed by atoms with E-state index in [4.69, 9.17) is 14.2 Å². The van der Waals surface area contributed by atoms with Crippen molar-refractivity contribution in [3.05, 3.63) is 83.7 Å². The summed E-state index contributed by atoms with van der Waals surface area (Å²) in [4.78, 5) is 40.1. The molecule has 0 saturated carbocycles. The molecule has 0 atom stereocenters. The molecule has 1 saturated heterocycles. The van der Waals surface area contributed by atoms with E-state index in [0.717, 1.165) is 16.7 Å². The number of carbonyl (C=O) groups is 3. The Morgan fingerprint density at radius 1 is 1.00 bits per heavy atom. The van der Waals surface area contributed by atoms with Crippen LogP contribution in [-0.2, 0) is 7.05 Å². The van der Waals surface area contributed by atoms with Gasteiger partial charge in [-0.15, -0.1) is 0 Å². The number of amides is 1. The monoisotopic (exact) mass is 594 g/mol. The number of ketones is 1. The van der Waals surface area contributed by atoms with Crippen LogP contribution in [0, 0.1) is 0 Å². The number of carbonyl (C=O) groups excluding carboxylic acids is 3. The van der Waals surface area contributed by atoms with Crippen LogP contribution < -0.4 is 19.3 Å². The number of nitrogens with zero attached hydrogens (tertiary/aromatic N) is 3. The number of rotatable bonds is 7. The molecule has 6 rings (SSSR count). The molecule has 1 spiro atoms. The standard InChI is InChI=1S/C34H33N3O7/c1-4-43-30-17-24(16-29(42-3)31(30)25-19-35-36(2)20-25)32(39)37-12-10-34(11-13-37)18-27(38)26-15-22(8-9-28(26)44-34)21-6-5-7-23(14-21)33(40)41/h5-9,14-17,19-20H,4,10-13,18H2,1-3H3,(H,40,41)/p-1. The maximum absolute atomic E-state index is 13.7. The van der Waals surface area contributed by atoms with Crippen LogP contribution in [0.15, 0.2) is 67.0 Å². The average Bonchev–Trinajstić information content (AvgIpc) is 3.46. The number of aryl methyl sites for hydroxylation is 1. The summed E-state index contributed by atoms with van der Waals surface area (Å²) in [6.45, 7) is 3.15. The van der Waals surface area contributed by atoms with Crippen LogP contribution >= 0.6 is 0 Å². The summed E-state index contributed by atoms with van der Waals surface area (Å²) in [5.74, 6) is 0.109. The first-order chi connectivity index (χ1) is 21.2. The quantitative estimate of drug-likeness (QED) is 0.313. The van der Waals surface area contributed by atoms with Gasteiger partial charge < -0.3 is 29.0 Å². The number of hydrogen-bond donors (Lipinski definition) is 0. The Hall–Kier alpha value is -5.12.